The van der Waals surface area contributed by atoms with Crippen LogP contribution in [0.15, 0.2) is 0 Å². The van der Waals surface area contributed by atoms with Gasteiger partial charge < -0.3 is 0 Å². The monoisotopic (exact) mass is 288 g/mol. The van der Waals surface area contributed by atoms with Crippen molar-refractivity contribution in [2.75, 3.05) is 31.9 Å². The van der Waals surface area contributed by atoms with Crippen molar-refractivity contribution in [3.8, 4) is 0 Å². The largest absolute Gasteiger partial charge is 0.298 e. The maximum absolute atomic E-state index is 12.1. The topological polar surface area (TPSA) is 40.6 Å². The highest BCUT2D eigenvalue weighted by Crippen LogP contribution is 2.24. The minimum absolute atomic E-state index is 0.326. The molecule has 0 N–H and O–H groups in total. The second-order valence-electron chi connectivity index (χ2n) is 5.90. The van der Waals surface area contributed by atoms with Gasteiger partial charge in [0.1, 0.15) is 0 Å². The molecule has 4 nitrogen and oxygen atoms in total. The van der Waals surface area contributed by atoms with Gasteiger partial charge in [-0.3, -0.25) is 4.90 Å². The van der Waals surface area contributed by atoms with Gasteiger partial charge in [-0.05, 0) is 19.3 Å². The quantitative estimate of drug-likeness (QED) is 0.777. The van der Waals surface area contributed by atoms with Crippen LogP contribution in [0, 0.1) is 0 Å². The molecule has 0 aromatic rings. The van der Waals surface area contributed by atoms with Crippen LogP contribution in [0.5, 0.6) is 0 Å². The summed E-state index contributed by atoms with van der Waals surface area (Å²) in [6.45, 7) is 5.29. The number of hydrogen-bond donors (Lipinski definition) is 0. The first-order valence-electron chi connectivity index (χ1n) is 7.85. The smallest absolute Gasteiger partial charge is 0.214 e. The zero-order valence-corrected chi connectivity index (χ0v) is 13.0. The number of unbranched alkanes of at least 4 members (excludes halogenated alkanes) is 1. The van der Waals surface area contributed by atoms with E-state index in [9.17, 15) is 8.42 Å². The fourth-order valence-corrected chi connectivity index (χ4v) is 4.88. The third-order valence-electron chi connectivity index (χ3n) is 4.51. The molecule has 0 spiro atoms. The molecular formula is C14H28N2O2S. The Morgan fingerprint density at radius 3 is 2.21 bits per heavy atom. The molecule has 2 rings (SSSR count). The lowest BCUT2D eigenvalue weighted by Gasteiger charge is -2.40. The molecule has 0 amide bonds. The van der Waals surface area contributed by atoms with Gasteiger partial charge in [-0.25, -0.2) is 8.42 Å². The molecule has 0 aromatic carbocycles. The number of rotatable bonds is 5. The number of nitrogens with zero attached hydrogens (tertiary/aromatic N) is 2. The summed E-state index contributed by atoms with van der Waals surface area (Å²) in [4.78, 5) is 2.52. The Balaban J connectivity index is 1.81. The maximum Gasteiger partial charge on any atom is 0.214 e. The first-order chi connectivity index (χ1) is 9.13. The van der Waals surface area contributed by atoms with Crippen LogP contribution in [0.4, 0.5) is 0 Å². The molecule has 0 aromatic heterocycles. The van der Waals surface area contributed by atoms with E-state index in [1.807, 2.05) is 6.92 Å². The van der Waals surface area contributed by atoms with Gasteiger partial charge >= 0.3 is 0 Å². The van der Waals surface area contributed by atoms with Gasteiger partial charge in [0.15, 0.2) is 0 Å². The summed E-state index contributed by atoms with van der Waals surface area (Å²) in [5.41, 5.74) is 0. The predicted molar refractivity (Wildman–Crippen MR) is 78.7 cm³/mol. The minimum atomic E-state index is -2.99. The van der Waals surface area contributed by atoms with Crippen molar-refractivity contribution in [2.45, 2.75) is 57.9 Å². The third-order valence-corrected chi connectivity index (χ3v) is 6.47. The molecule has 1 aliphatic carbocycles. The molecule has 19 heavy (non-hydrogen) atoms. The fraction of sp³-hybridized carbons (Fsp3) is 1.00. The van der Waals surface area contributed by atoms with Gasteiger partial charge in [0, 0.05) is 32.2 Å². The molecule has 0 bridgehead atoms. The SMILES string of the molecule is CCCCS(=O)(=O)N1CCN(C2CCCCC2)CC1. The van der Waals surface area contributed by atoms with E-state index in [1.165, 1.54) is 32.1 Å². The summed E-state index contributed by atoms with van der Waals surface area (Å²) >= 11 is 0. The highest BCUT2D eigenvalue weighted by Gasteiger charge is 2.29. The first-order valence-corrected chi connectivity index (χ1v) is 9.46. The van der Waals surface area contributed by atoms with Crippen molar-refractivity contribution in [1.29, 1.82) is 0 Å². The molecule has 1 saturated carbocycles. The highest BCUT2D eigenvalue weighted by atomic mass is 32.2. The van der Waals surface area contributed by atoms with Crippen molar-refractivity contribution in [3.05, 3.63) is 0 Å². The molecule has 1 aliphatic heterocycles. The normalized spacial score (nSPS) is 24.7. The molecule has 112 valence electrons. The summed E-state index contributed by atoms with van der Waals surface area (Å²) < 4.78 is 26.0. The third kappa shape index (κ3) is 4.17. The summed E-state index contributed by atoms with van der Waals surface area (Å²) in [6.07, 6.45) is 8.42. The van der Waals surface area contributed by atoms with Crippen molar-refractivity contribution in [1.82, 2.24) is 9.21 Å². The second-order valence-corrected chi connectivity index (χ2v) is 7.98. The van der Waals surface area contributed by atoms with Crippen molar-refractivity contribution in [3.63, 3.8) is 0 Å². The Kier molecular flexibility index (Phi) is 5.66. The van der Waals surface area contributed by atoms with Crippen LogP contribution in [-0.4, -0.2) is 55.6 Å². The molecule has 2 aliphatic rings. The fourth-order valence-electron chi connectivity index (χ4n) is 3.25. The lowest BCUT2D eigenvalue weighted by molar-refractivity contribution is 0.111. The molecule has 0 atom stereocenters. The van der Waals surface area contributed by atoms with E-state index in [0.29, 0.717) is 24.9 Å². The van der Waals surface area contributed by atoms with Gasteiger partial charge in [0.05, 0.1) is 5.75 Å². The first kappa shape index (κ1) is 15.3. The molecule has 5 heteroatoms. The van der Waals surface area contributed by atoms with E-state index in [4.69, 9.17) is 0 Å². The Bertz CT molecular complexity index is 356. The molecule has 2 fully saturated rings. The molecule has 0 unspecified atom stereocenters. The lowest BCUT2D eigenvalue weighted by Crippen LogP contribution is -2.52. The standard InChI is InChI=1S/C14H28N2O2S/c1-2-3-13-19(17,18)16-11-9-15(10-12-16)14-7-5-4-6-8-14/h14H,2-13H2,1H3. The molecular weight excluding hydrogens is 260 g/mol. The van der Waals surface area contributed by atoms with Crippen LogP contribution in [0.1, 0.15) is 51.9 Å². The zero-order chi connectivity index (χ0) is 13.7. The van der Waals surface area contributed by atoms with Crippen LogP contribution in [0.25, 0.3) is 0 Å². The van der Waals surface area contributed by atoms with E-state index in [0.717, 1.165) is 25.9 Å². The number of hydrogen-bond acceptors (Lipinski definition) is 3. The van der Waals surface area contributed by atoms with Crippen molar-refractivity contribution in [2.24, 2.45) is 0 Å². The van der Waals surface area contributed by atoms with Gasteiger partial charge in [0.25, 0.3) is 0 Å². The van der Waals surface area contributed by atoms with E-state index >= 15 is 0 Å². The van der Waals surface area contributed by atoms with Crippen molar-refractivity contribution < 1.29 is 8.42 Å². The van der Waals surface area contributed by atoms with Gasteiger partial charge in [-0.1, -0.05) is 32.6 Å². The second kappa shape index (κ2) is 7.04. The number of sulfonamides is 1. The summed E-state index contributed by atoms with van der Waals surface area (Å²) in [6, 6.07) is 0.717. The van der Waals surface area contributed by atoms with Gasteiger partial charge in [-0.15, -0.1) is 0 Å². The lowest BCUT2D eigenvalue weighted by atomic mass is 9.94. The Labute approximate surface area is 118 Å². The van der Waals surface area contributed by atoms with Crippen LogP contribution >= 0.6 is 0 Å². The Morgan fingerprint density at radius 2 is 1.63 bits per heavy atom. The zero-order valence-electron chi connectivity index (χ0n) is 12.2. The molecule has 0 radical (unpaired) electrons. The van der Waals surface area contributed by atoms with Gasteiger partial charge in [0.2, 0.25) is 10.0 Å². The van der Waals surface area contributed by atoms with Crippen LogP contribution in [0.3, 0.4) is 0 Å². The van der Waals surface area contributed by atoms with E-state index < -0.39 is 10.0 Å². The predicted octanol–water partition coefficient (Wildman–Crippen LogP) is 2.07. The highest BCUT2D eigenvalue weighted by molar-refractivity contribution is 7.89. The van der Waals surface area contributed by atoms with Crippen molar-refractivity contribution >= 4 is 10.0 Å². The van der Waals surface area contributed by atoms with Crippen LogP contribution in [0.2, 0.25) is 0 Å². The van der Waals surface area contributed by atoms with Crippen LogP contribution < -0.4 is 0 Å². The van der Waals surface area contributed by atoms with Gasteiger partial charge in [-0.2, -0.15) is 4.31 Å². The van der Waals surface area contributed by atoms with E-state index in [2.05, 4.69) is 4.90 Å². The van der Waals surface area contributed by atoms with Crippen LogP contribution in [-0.2, 0) is 10.0 Å². The molecule has 1 saturated heterocycles. The minimum Gasteiger partial charge on any atom is -0.298 e. The Hall–Kier alpha value is -0.130. The maximum atomic E-state index is 12.1. The molecule has 1 heterocycles. The Morgan fingerprint density at radius 1 is 1.00 bits per heavy atom. The van der Waals surface area contributed by atoms with E-state index in [-0.39, 0.29) is 0 Å². The average molecular weight is 288 g/mol. The van der Waals surface area contributed by atoms with E-state index in [1.54, 1.807) is 4.31 Å². The summed E-state index contributed by atoms with van der Waals surface area (Å²) in [7, 11) is -2.99. The summed E-state index contributed by atoms with van der Waals surface area (Å²) in [5.74, 6) is 0.326. The number of piperazine rings is 1. The average Bonchev–Trinajstić information content (AvgIpc) is 2.46. The summed E-state index contributed by atoms with van der Waals surface area (Å²) in [5, 5.41) is 0.